The third-order valence-corrected chi connectivity index (χ3v) is 2.56. The van der Waals surface area contributed by atoms with Crippen LogP contribution in [0.2, 0.25) is 0 Å². The SMILES string of the molecule is O=C([O-])C1=CC(O)C(O)(CC(O)CO)C(O)=C1.[Na+]. The molecule has 0 fully saturated rings. The van der Waals surface area contributed by atoms with Crippen LogP contribution >= 0.6 is 0 Å². The number of aliphatic hydroxyl groups is 5. The molecule has 5 N–H and O–H groups in total. The van der Waals surface area contributed by atoms with Gasteiger partial charge in [0.25, 0.3) is 0 Å². The molecule has 96 valence electrons. The van der Waals surface area contributed by atoms with Crippen LogP contribution in [-0.4, -0.2) is 55.9 Å². The molecule has 3 atom stereocenters. The number of carbonyl (C=O) groups excluding carboxylic acids is 1. The Kier molecular flexibility index (Phi) is 6.52. The second-order valence-electron chi connectivity index (χ2n) is 3.85. The van der Waals surface area contributed by atoms with Crippen molar-refractivity contribution in [2.75, 3.05) is 6.61 Å². The van der Waals surface area contributed by atoms with Crippen molar-refractivity contribution in [2.24, 2.45) is 0 Å². The molecule has 8 heteroatoms. The fourth-order valence-electron chi connectivity index (χ4n) is 1.56. The van der Waals surface area contributed by atoms with Crippen LogP contribution in [0.25, 0.3) is 0 Å². The summed E-state index contributed by atoms with van der Waals surface area (Å²) in [7, 11) is 0. The molecule has 0 heterocycles. The topological polar surface area (TPSA) is 141 Å². The van der Waals surface area contributed by atoms with Crippen LogP contribution < -0.4 is 34.7 Å². The summed E-state index contributed by atoms with van der Waals surface area (Å²) in [6.45, 7) is -0.667. The smallest absolute Gasteiger partial charge is 0.545 e. The monoisotopic (exact) mass is 268 g/mol. The van der Waals surface area contributed by atoms with Gasteiger partial charge in [-0.15, -0.1) is 0 Å². The van der Waals surface area contributed by atoms with Crippen LogP contribution in [0.15, 0.2) is 23.5 Å². The minimum atomic E-state index is -2.22. The standard InChI is InChI=1S/C10H14O7.Na/c11-4-6(12)3-10(17)7(13)1-5(9(15)16)2-8(10)14;/h1-2,6-7,11-14,17H,3-4H2,(H,15,16);/q;+1/p-1. The van der Waals surface area contributed by atoms with Crippen molar-refractivity contribution in [2.45, 2.75) is 24.2 Å². The summed E-state index contributed by atoms with van der Waals surface area (Å²) < 4.78 is 0. The van der Waals surface area contributed by atoms with Crippen LogP contribution in [0.4, 0.5) is 0 Å². The van der Waals surface area contributed by atoms with Crippen molar-refractivity contribution in [1.29, 1.82) is 0 Å². The van der Waals surface area contributed by atoms with Gasteiger partial charge < -0.3 is 35.4 Å². The molecule has 0 aromatic heterocycles. The maximum atomic E-state index is 10.5. The van der Waals surface area contributed by atoms with E-state index in [1.54, 1.807) is 0 Å². The summed E-state index contributed by atoms with van der Waals surface area (Å²) in [5, 5.41) is 57.3. The Bertz CT molecular complexity index is 378. The number of hydrogen-bond donors (Lipinski definition) is 5. The van der Waals surface area contributed by atoms with E-state index in [2.05, 4.69) is 0 Å². The van der Waals surface area contributed by atoms with E-state index in [-0.39, 0.29) is 29.6 Å². The Morgan fingerprint density at radius 2 is 2.11 bits per heavy atom. The number of carboxylic acid groups (broad SMARTS) is 1. The molecule has 1 rings (SSSR count). The molecule has 0 spiro atoms. The summed E-state index contributed by atoms with van der Waals surface area (Å²) in [6.07, 6.45) is -2.10. The molecule has 0 saturated heterocycles. The summed E-state index contributed by atoms with van der Waals surface area (Å²) in [5.74, 6) is -2.42. The van der Waals surface area contributed by atoms with Crippen LogP contribution in [-0.2, 0) is 4.79 Å². The predicted molar refractivity (Wildman–Crippen MR) is 52.5 cm³/mol. The van der Waals surface area contributed by atoms with E-state index < -0.39 is 48.1 Å². The first-order chi connectivity index (χ1) is 7.81. The maximum Gasteiger partial charge on any atom is 1.00 e. The normalized spacial score (nSPS) is 28.8. The molecule has 0 amide bonds. The van der Waals surface area contributed by atoms with Gasteiger partial charge in [0.05, 0.1) is 18.7 Å². The van der Waals surface area contributed by atoms with Crippen molar-refractivity contribution in [1.82, 2.24) is 0 Å². The van der Waals surface area contributed by atoms with Crippen molar-refractivity contribution in [3.8, 4) is 0 Å². The van der Waals surface area contributed by atoms with Crippen LogP contribution in [0.1, 0.15) is 6.42 Å². The minimum absolute atomic E-state index is 0. The maximum absolute atomic E-state index is 10.5. The Morgan fingerprint density at radius 1 is 1.56 bits per heavy atom. The number of rotatable bonds is 4. The average Bonchev–Trinajstić information content (AvgIpc) is 2.25. The first-order valence-electron chi connectivity index (χ1n) is 4.85. The zero-order valence-electron chi connectivity index (χ0n) is 9.78. The van der Waals surface area contributed by atoms with Gasteiger partial charge in [-0.2, -0.15) is 0 Å². The van der Waals surface area contributed by atoms with Crippen LogP contribution in [0.3, 0.4) is 0 Å². The second-order valence-corrected chi connectivity index (χ2v) is 3.85. The molecule has 1 aliphatic rings. The number of hydrogen-bond acceptors (Lipinski definition) is 7. The van der Waals surface area contributed by atoms with E-state index in [1.165, 1.54) is 0 Å². The Hall–Kier alpha value is -0.410. The molecule has 0 aliphatic heterocycles. The summed E-state index contributed by atoms with van der Waals surface area (Å²) in [5.41, 5.74) is -2.70. The summed E-state index contributed by atoms with van der Waals surface area (Å²) in [6, 6.07) is 0. The largest absolute Gasteiger partial charge is 1.00 e. The minimum Gasteiger partial charge on any atom is -0.545 e. The van der Waals surface area contributed by atoms with Gasteiger partial charge in [0, 0.05) is 6.42 Å². The van der Waals surface area contributed by atoms with Gasteiger partial charge in [-0.1, -0.05) is 0 Å². The van der Waals surface area contributed by atoms with E-state index in [0.29, 0.717) is 0 Å². The summed E-state index contributed by atoms with van der Waals surface area (Å²) in [4.78, 5) is 10.5. The fourth-order valence-corrected chi connectivity index (χ4v) is 1.56. The molecule has 0 radical (unpaired) electrons. The van der Waals surface area contributed by atoms with Crippen molar-refractivity contribution in [3.63, 3.8) is 0 Å². The van der Waals surface area contributed by atoms with Gasteiger partial charge in [0.1, 0.15) is 11.9 Å². The van der Waals surface area contributed by atoms with Gasteiger partial charge in [0.2, 0.25) is 0 Å². The molecule has 0 aromatic rings. The van der Waals surface area contributed by atoms with Crippen molar-refractivity contribution >= 4 is 5.97 Å². The molecule has 0 aromatic carbocycles. The zero-order chi connectivity index (χ0) is 13.2. The van der Waals surface area contributed by atoms with Gasteiger partial charge in [0.15, 0.2) is 5.60 Å². The Morgan fingerprint density at radius 3 is 2.50 bits per heavy atom. The van der Waals surface area contributed by atoms with E-state index in [4.69, 9.17) is 5.11 Å². The molecule has 0 saturated carbocycles. The molecule has 3 unspecified atom stereocenters. The molecule has 0 bridgehead atoms. The third-order valence-electron chi connectivity index (χ3n) is 2.56. The van der Waals surface area contributed by atoms with Gasteiger partial charge in [-0.3, -0.25) is 0 Å². The number of aliphatic hydroxyl groups excluding tert-OH is 4. The molecule has 7 nitrogen and oxygen atoms in total. The van der Waals surface area contributed by atoms with Crippen molar-refractivity contribution < 1.29 is 65.0 Å². The fraction of sp³-hybridized carbons (Fsp3) is 0.500. The molecular formula is C10H13NaO7. The number of aliphatic carboxylic acids is 1. The quantitative estimate of drug-likeness (QED) is 0.319. The second kappa shape index (κ2) is 6.67. The Labute approximate surface area is 125 Å². The molecular weight excluding hydrogens is 255 g/mol. The molecule has 18 heavy (non-hydrogen) atoms. The van der Waals surface area contributed by atoms with Gasteiger partial charge in [-0.05, 0) is 17.7 Å². The van der Waals surface area contributed by atoms with Crippen LogP contribution in [0, 0.1) is 0 Å². The Balaban J connectivity index is 0.00000289. The van der Waals surface area contributed by atoms with E-state index in [1.807, 2.05) is 0 Å². The average molecular weight is 268 g/mol. The van der Waals surface area contributed by atoms with Crippen molar-refractivity contribution in [3.05, 3.63) is 23.5 Å². The van der Waals surface area contributed by atoms with Gasteiger partial charge in [-0.25, -0.2) is 0 Å². The first-order valence-corrected chi connectivity index (χ1v) is 4.85. The first kappa shape index (κ1) is 17.6. The predicted octanol–water partition coefficient (Wildman–Crippen LogP) is -6.04. The van der Waals surface area contributed by atoms with Crippen LogP contribution in [0.5, 0.6) is 0 Å². The number of carboxylic acids is 1. The molecule has 1 aliphatic carbocycles. The van der Waals surface area contributed by atoms with E-state index in [0.717, 1.165) is 12.2 Å². The van der Waals surface area contributed by atoms with E-state index >= 15 is 0 Å². The zero-order valence-corrected chi connectivity index (χ0v) is 11.8. The number of carbonyl (C=O) groups is 1. The van der Waals surface area contributed by atoms with Gasteiger partial charge >= 0.3 is 29.6 Å². The van der Waals surface area contributed by atoms with E-state index in [9.17, 15) is 30.3 Å². The summed E-state index contributed by atoms with van der Waals surface area (Å²) >= 11 is 0. The third kappa shape index (κ3) is 3.55.